The predicted octanol–water partition coefficient (Wildman–Crippen LogP) is -1.70. The summed E-state index contributed by atoms with van der Waals surface area (Å²) in [6.45, 7) is 5.96. The Balaban J connectivity index is 0.000000311. The number of aromatic amines is 1. The molecule has 4 atom stereocenters. The SMILES string of the molecule is C=C(NCCCCCC)C(N)=O.O=c1ccn([C@@H]2O[C@H](CO)[C@@H](O)[C@H]2O)c(=O)[nH]1. The van der Waals surface area contributed by atoms with E-state index in [1.54, 1.807) is 0 Å². The minimum atomic E-state index is -1.35. The number of primary amides is 1. The number of H-pyrrole nitrogens is 1. The van der Waals surface area contributed by atoms with Crippen LogP contribution in [0.25, 0.3) is 0 Å². The zero-order valence-electron chi connectivity index (χ0n) is 16.4. The predicted molar refractivity (Wildman–Crippen MR) is 105 cm³/mol. The molecule has 1 aromatic heterocycles. The largest absolute Gasteiger partial charge is 0.394 e. The minimum Gasteiger partial charge on any atom is -0.394 e. The summed E-state index contributed by atoms with van der Waals surface area (Å²) in [5.41, 5.74) is 3.96. The molecule has 0 spiro atoms. The second-order valence-electron chi connectivity index (χ2n) is 6.58. The van der Waals surface area contributed by atoms with Crippen molar-refractivity contribution < 1.29 is 24.9 Å². The van der Waals surface area contributed by atoms with Crippen LogP contribution >= 0.6 is 0 Å². The molecule has 0 bridgehead atoms. The molecule has 7 N–H and O–H groups in total. The number of aliphatic hydroxyl groups is 3. The number of hydrogen-bond acceptors (Lipinski definition) is 8. The summed E-state index contributed by atoms with van der Waals surface area (Å²) in [4.78, 5) is 34.8. The highest BCUT2D eigenvalue weighted by Gasteiger charge is 2.43. The number of carbonyl (C=O) groups is 1. The van der Waals surface area contributed by atoms with Crippen molar-refractivity contribution in [2.75, 3.05) is 13.2 Å². The number of rotatable bonds is 9. The molecule has 29 heavy (non-hydrogen) atoms. The van der Waals surface area contributed by atoms with Gasteiger partial charge < -0.3 is 31.1 Å². The first kappa shape index (κ1) is 24.6. The van der Waals surface area contributed by atoms with Crippen molar-refractivity contribution in [1.82, 2.24) is 14.9 Å². The first-order chi connectivity index (χ1) is 13.7. The van der Waals surface area contributed by atoms with Crippen molar-refractivity contribution in [2.45, 2.75) is 57.1 Å². The van der Waals surface area contributed by atoms with Crippen molar-refractivity contribution >= 4 is 5.91 Å². The van der Waals surface area contributed by atoms with Gasteiger partial charge in [0, 0.05) is 18.8 Å². The zero-order chi connectivity index (χ0) is 22.0. The summed E-state index contributed by atoms with van der Waals surface area (Å²) in [6.07, 6.45) is 1.14. The summed E-state index contributed by atoms with van der Waals surface area (Å²) >= 11 is 0. The molecule has 2 rings (SSSR count). The van der Waals surface area contributed by atoms with E-state index in [1.807, 2.05) is 4.98 Å². The van der Waals surface area contributed by atoms with Crippen molar-refractivity contribution in [3.8, 4) is 0 Å². The third kappa shape index (κ3) is 7.46. The number of amides is 1. The van der Waals surface area contributed by atoms with Gasteiger partial charge in [-0.25, -0.2) is 4.79 Å². The Morgan fingerprint density at radius 2 is 2.00 bits per heavy atom. The maximum atomic E-state index is 11.4. The summed E-state index contributed by atoms with van der Waals surface area (Å²) in [5.74, 6) is -0.467. The smallest absolute Gasteiger partial charge is 0.330 e. The Morgan fingerprint density at radius 1 is 1.31 bits per heavy atom. The highest BCUT2D eigenvalue weighted by Crippen LogP contribution is 2.27. The molecule has 0 saturated carbocycles. The number of nitrogens with one attached hydrogen (secondary N) is 2. The molecule has 1 amide bonds. The monoisotopic (exact) mass is 414 g/mol. The lowest BCUT2D eigenvalue weighted by Crippen LogP contribution is -2.37. The van der Waals surface area contributed by atoms with Gasteiger partial charge in [-0.2, -0.15) is 0 Å². The van der Waals surface area contributed by atoms with E-state index in [0.29, 0.717) is 5.70 Å². The molecular weight excluding hydrogens is 384 g/mol. The fourth-order valence-corrected chi connectivity index (χ4v) is 2.62. The van der Waals surface area contributed by atoms with Gasteiger partial charge in [0.05, 0.1) is 12.3 Å². The Kier molecular flexibility index (Phi) is 10.3. The van der Waals surface area contributed by atoms with Gasteiger partial charge in [0.15, 0.2) is 6.23 Å². The molecule has 1 aromatic rings. The molecule has 164 valence electrons. The quantitative estimate of drug-likeness (QED) is 0.204. The third-order valence-electron chi connectivity index (χ3n) is 4.31. The summed E-state index contributed by atoms with van der Waals surface area (Å²) in [6, 6.07) is 1.09. The first-order valence-electron chi connectivity index (χ1n) is 9.39. The highest BCUT2D eigenvalue weighted by molar-refractivity contribution is 5.90. The average molecular weight is 414 g/mol. The molecule has 2 heterocycles. The van der Waals surface area contributed by atoms with Gasteiger partial charge in [-0.05, 0) is 6.42 Å². The number of ether oxygens (including phenoxy) is 1. The molecule has 11 nitrogen and oxygen atoms in total. The first-order valence-corrected chi connectivity index (χ1v) is 9.39. The molecular formula is C18H30N4O7. The Labute approximate surface area is 167 Å². The number of carbonyl (C=O) groups excluding carboxylic acids is 1. The van der Waals surface area contributed by atoms with Crippen LogP contribution in [0.2, 0.25) is 0 Å². The van der Waals surface area contributed by atoms with Gasteiger partial charge >= 0.3 is 5.69 Å². The van der Waals surface area contributed by atoms with E-state index < -0.39 is 48.3 Å². The topological polar surface area (TPSA) is 180 Å². The summed E-state index contributed by atoms with van der Waals surface area (Å²) in [5, 5.41) is 30.9. The minimum absolute atomic E-state index is 0.312. The Bertz CT molecular complexity index is 776. The third-order valence-corrected chi connectivity index (χ3v) is 4.31. The molecule has 0 aromatic carbocycles. The summed E-state index contributed by atoms with van der Waals surface area (Å²) in [7, 11) is 0. The van der Waals surface area contributed by atoms with Crippen LogP contribution in [0.1, 0.15) is 38.8 Å². The number of aliphatic hydroxyl groups excluding tert-OH is 3. The molecule has 0 aliphatic carbocycles. The lowest BCUT2D eigenvalue weighted by molar-refractivity contribution is -0.114. The normalized spacial score (nSPS) is 23.2. The van der Waals surface area contributed by atoms with Crippen LogP contribution in [0.3, 0.4) is 0 Å². The van der Waals surface area contributed by atoms with Crippen molar-refractivity contribution in [1.29, 1.82) is 0 Å². The maximum Gasteiger partial charge on any atom is 0.330 e. The van der Waals surface area contributed by atoms with Crippen LogP contribution in [0.15, 0.2) is 34.1 Å². The van der Waals surface area contributed by atoms with E-state index in [-0.39, 0.29) is 0 Å². The lowest BCUT2D eigenvalue weighted by Gasteiger charge is -2.16. The van der Waals surface area contributed by atoms with Crippen molar-refractivity contribution in [3.63, 3.8) is 0 Å². The fraction of sp³-hybridized carbons (Fsp3) is 0.611. The van der Waals surface area contributed by atoms with E-state index in [1.165, 1.54) is 19.3 Å². The number of nitrogens with two attached hydrogens (primary N) is 1. The van der Waals surface area contributed by atoms with Crippen LogP contribution in [0.4, 0.5) is 0 Å². The second kappa shape index (κ2) is 12.2. The number of nitrogens with zero attached hydrogens (tertiary/aromatic N) is 1. The van der Waals surface area contributed by atoms with Crippen LogP contribution in [-0.4, -0.2) is 62.2 Å². The fourth-order valence-electron chi connectivity index (χ4n) is 2.62. The number of hydrogen-bond donors (Lipinski definition) is 6. The second-order valence-corrected chi connectivity index (χ2v) is 6.58. The van der Waals surface area contributed by atoms with Crippen LogP contribution in [-0.2, 0) is 9.53 Å². The highest BCUT2D eigenvalue weighted by atomic mass is 16.6. The Hall–Kier alpha value is -2.47. The van der Waals surface area contributed by atoms with Gasteiger partial charge in [0.2, 0.25) is 0 Å². The lowest BCUT2D eigenvalue weighted by atomic mass is 10.1. The Morgan fingerprint density at radius 3 is 2.52 bits per heavy atom. The molecule has 1 aliphatic heterocycles. The molecule has 11 heteroatoms. The molecule has 0 radical (unpaired) electrons. The van der Waals surface area contributed by atoms with E-state index >= 15 is 0 Å². The van der Waals surface area contributed by atoms with Gasteiger partial charge in [-0.1, -0.05) is 32.8 Å². The van der Waals surface area contributed by atoms with E-state index in [2.05, 4.69) is 18.8 Å². The van der Waals surface area contributed by atoms with Gasteiger partial charge in [0.1, 0.15) is 18.3 Å². The average Bonchev–Trinajstić information content (AvgIpc) is 2.96. The van der Waals surface area contributed by atoms with Gasteiger partial charge in [-0.15, -0.1) is 0 Å². The van der Waals surface area contributed by atoms with Crippen molar-refractivity contribution in [3.05, 3.63) is 45.4 Å². The van der Waals surface area contributed by atoms with Crippen LogP contribution in [0.5, 0.6) is 0 Å². The van der Waals surface area contributed by atoms with Crippen LogP contribution < -0.4 is 22.3 Å². The number of aromatic nitrogens is 2. The van der Waals surface area contributed by atoms with Crippen molar-refractivity contribution in [2.24, 2.45) is 5.73 Å². The maximum absolute atomic E-state index is 11.4. The molecule has 1 saturated heterocycles. The molecule has 1 aliphatic rings. The number of unbranched alkanes of at least 4 members (excludes halogenated alkanes) is 3. The van der Waals surface area contributed by atoms with E-state index in [0.717, 1.165) is 29.8 Å². The standard InChI is InChI=1S/C9H12N2O6.C9H18N2O/c12-3-4-6(14)7(15)8(17-4)11-2-1-5(13)10-9(11)16;1-3-4-5-6-7-11-8(2)9(10)12/h1-2,4,6-8,12,14-15H,3H2,(H,10,13,16);11H,2-7H2,1H3,(H2,10,12)/t4-,6-,7-,8-;/m1./s1. The molecule has 0 unspecified atom stereocenters. The van der Waals surface area contributed by atoms with Gasteiger partial charge in [-0.3, -0.25) is 19.1 Å². The molecule has 1 fully saturated rings. The zero-order valence-corrected chi connectivity index (χ0v) is 16.4. The van der Waals surface area contributed by atoms with E-state index in [9.17, 15) is 24.6 Å². The van der Waals surface area contributed by atoms with Crippen LogP contribution in [0, 0.1) is 0 Å². The van der Waals surface area contributed by atoms with E-state index in [4.69, 9.17) is 15.6 Å². The van der Waals surface area contributed by atoms with Gasteiger partial charge in [0.25, 0.3) is 11.5 Å². The summed E-state index contributed by atoms with van der Waals surface area (Å²) < 4.78 is 6.08.